The number of non-ortho nitro benzene ring substituents is 1. The Balaban J connectivity index is 1.66. The van der Waals surface area contributed by atoms with E-state index in [9.17, 15) is 19.7 Å². The van der Waals surface area contributed by atoms with Crippen LogP contribution in [0.15, 0.2) is 58.6 Å². The van der Waals surface area contributed by atoms with E-state index in [1.165, 1.54) is 34.9 Å². The van der Waals surface area contributed by atoms with Crippen molar-refractivity contribution in [1.82, 2.24) is 14.8 Å². The van der Waals surface area contributed by atoms with Crippen molar-refractivity contribution in [2.75, 3.05) is 18.0 Å². The number of hydrogen-bond acceptors (Lipinski definition) is 7. The zero-order valence-corrected chi connectivity index (χ0v) is 17.3. The molecule has 0 aliphatic carbocycles. The van der Waals surface area contributed by atoms with Crippen LogP contribution in [0.3, 0.4) is 0 Å². The third-order valence-corrected chi connectivity index (χ3v) is 5.33. The molecule has 164 valence electrons. The normalized spacial score (nSPS) is 14.4. The lowest BCUT2D eigenvalue weighted by molar-refractivity contribution is -0.384. The summed E-state index contributed by atoms with van der Waals surface area (Å²) < 4.78 is 1.44. The number of hydrogen-bond donors (Lipinski definition) is 1. The van der Waals surface area contributed by atoms with Crippen molar-refractivity contribution < 1.29 is 9.72 Å². The minimum absolute atomic E-state index is 0.0949. The molecule has 1 saturated heterocycles. The number of nitro benzene ring substituents is 1. The summed E-state index contributed by atoms with van der Waals surface area (Å²) in [6, 6.07) is 10.7. The van der Waals surface area contributed by atoms with Crippen LogP contribution in [0.4, 0.5) is 11.5 Å². The number of hydrazone groups is 1. The lowest BCUT2D eigenvalue weighted by atomic mass is 10.2. The highest BCUT2D eigenvalue weighted by Gasteiger charge is 2.19. The molecule has 1 aliphatic heterocycles. The third-order valence-electron chi connectivity index (χ3n) is 5.33. The van der Waals surface area contributed by atoms with Crippen LogP contribution >= 0.6 is 0 Å². The van der Waals surface area contributed by atoms with Crippen molar-refractivity contribution in [3.8, 4) is 0 Å². The Labute approximate surface area is 183 Å². The molecule has 0 saturated carbocycles. The summed E-state index contributed by atoms with van der Waals surface area (Å²) in [5.41, 5.74) is 2.77. The number of carbonyl (C=O) groups is 1. The van der Waals surface area contributed by atoms with E-state index in [1.807, 2.05) is 6.07 Å². The summed E-state index contributed by atoms with van der Waals surface area (Å²) in [4.78, 5) is 42.7. The second-order valence-electron chi connectivity index (χ2n) is 7.49. The number of benzene rings is 1. The highest BCUT2D eigenvalue weighted by molar-refractivity contribution is 5.96. The average Bonchev–Trinajstić information content (AvgIpc) is 3.10. The van der Waals surface area contributed by atoms with E-state index in [-0.39, 0.29) is 22.4 Å². The number of nitro groups is 1. The van der Waals surface area contributed by atoms with E-state index >= 15 is 0 Å². The van der Waals surface area contributed by atoms with Crippen molar-refractivity contribution in [3.05, 3.63) is 80.3 Å². The number of aromatic nitrogens is 2. The molecule has 0 unspecified atom stereocenters. The Bertz CT molecular complexity index is 1240. The summed E-state index contributed by atoms with van der Waals surface area (Å²) in [5.74, 6) is -0.0772. The quantitative estimate of drug-likeness (QED) is 0.374. The van der Waals surface area contributed by atoms with Crippen LogP contribution in [0.5, 0.6) is 0 Å². The number of nitrogens with one attached hydrogen (secondary N) is 1. The van der Waals surface area contributed by atoms with Gasteiger partial charge in [-0.25, -0.2) is 10.4 Å². The van der Waals surface area contributed by atoms with Crippen molar-refractivity contribution in [1.29, 1.82) is 0 Å². The number of rotatable bonds is 5. The molecule has 2 aromatic heterocycles. The SMILES string of the molecule is O=C(NN=Cc1c(N2CCCCCC2)nc2ccccn2c1=O)c1cccc([N+](=O)[O-])c1. The molecule has 0 radical (unpaired) electrons. The van der Waals surface area contributed by atoms with Gasteiger partial charge in [0.2, 0.25) is 0 Å². The van der Waals surface area contributed by atoms with Crippen molar-refractivity contribution in [2.45, 2.75) is 25.7 Å². The Morgan fingerprint density at radius 1 is 1.12 bits per heavy atom. The van der Waals surface area contributed by atoms with E-state index < -0.39 is 10.8 Å². The Morgan fingerprint density at radius 2 is 1.91 bits per heavy atom. The Kier molecular flexibility index (Phi) is 6.20. The predicted molar refractivity (Wildman–Crippen MR) is 120 cm³/mol. The molecule has 1 aliphatic rings. The first-order valence-corrected chi connectivity index (χ1v) is 10.4. The summed E-state index contributed by atoms with van der Waals surface area (Å²) in [6.45, 7) is 1.58. The van der Waals surface area contributed by atoms with Gasteiger partial charge in [0.25, 0.3) is 17.2 Å². The number of pyridine rings is 1. The molecule has 3 aromatic rings. The first-order chi connectivity index (χ1) is 15.5. The lowest BCUT2D eigenvalue weighted by Crippen LogP contribution is -2.31. The van der Waals surface area contributed by atoms with Gasteiger partial charge < -0.3 is 4.90 Å². The smallest absolute Gasteiger partial charge is 0.271 e. The monoisotopic (exact) mass is 434 g/mol. The molecule has 1 amide bonds. The maximum Gasteiger partial charge on any atom is 0.271 e. The van der Waals surface area contributed by atoms with Crippen molar-refractivity contribution >= 4 is 29.3 Å². The summed E-state index contributed by atoms with van der Waals surface area (Å²) >= 11 is 0. The third kappa shape index (κ3) is 4.48. The largest absolute Gasteiger partial charge is 0.356 e. The predicted octanol–water partition coefficient (Wildman–Crippen LogP) is 2.75. The van der Waals surface area contributed by atoms with Crippen LogP contribution in [0.1, 0.15) is 41.6 Å². The standard InChI is InChI=1S/C22H22N6O4/c29-21(16-8-7-9-17(14-16)28(31)32)25-23-15-18-20(26-11-4-1-2-5-12-26)24-19-10-3-6-13-27(19)22(18)30/h3,6-10,13-15H,1-2,4-5,11-12H2,(H,25,29). The summed E-state index contributed by atoms with van der Waals surface area (Å²) in [7, 11) is 0. The second-order valence-corrected chi connectivity index (χ2v) is 7.49. The van der Waals surface area contributed by atoms with Gasteiger partial charge in [-0.05, 0) is 31.0 Å². The topological polar surface area (TPSA) is 122 Å². The number of nitrogens with zero attached hydrogens (tertiary/aromatic N) is 5. The molecule has 4 rings (SSSR count). The fourth-order valence-corrected chi connectivity index (χ4v) is 3.71. The first-order valence-electron chi connectivity index (χ1n) is 10.4. The Hall–Kier alpha value is -4.08. The van der Waals surface area contributed by atoms with Gasteiger partial charge in [0.05, 0.1) is 11.1 Å². The van der Waals surface area contributed by atoms with E-state index in [1.54, 1.807) is 18.3 Å². The number of carbonyl (C=O) groups excluding carboxylic acids is 1. The molecule has 10 heteroatoms. The zero-order chi connectivity index (χ0) is 22.5. The molecule has 0 bridgehead atoms. The molecule has 0 atom stereocenters. The molecular formula is C22H22N6O4. The lowest BCUT2D eigenvalue weighted by Gasteiger charge is -2.23. The zero-order valence-electron chi connectivity index (χ0n) is 17.3. The van der Waals surface area contributed by atoms with Gasteiger partial charge in [0.1, 0.15) is 17.0 Å². The van der Waals surface area contributed by atoms with E-state index in [0.29, 0.717) is 11.5 Å². The number of fused-ring (bicyclic) bond motifs is 1. The fourth-order valence-electron chi connectivity index (χ4n) is 3.71. The molecule has 1 fully saturated rings. The van der Waals surface area contributed by atoms with Crippen LogP contribution < -0.4 is 15.9 Å². The second kappa shape index (κ2) is 9.38. The number of anilines is 1. The molecule has 3 heterocycles. The van der Waals surface area contributed by atoms with Crippen LogP contribution in [0, 0.1) is 10.1 Å². The molecule has 1 N–H and O–H groups in total. The molecule has 32 heavy (non-hydrogen) atoms. The van der Waals surface area contributed by atoms with Crippen LogP contribution in [-0.2, 0) is 0 Å². The summed E-state index contributed by atoms with van der Waals surface area (Å²) in [5, 5.41) is 14.9. The minimum atomic E-state index is -0.616. The maximum absolute atomic E-state index is 13.2. The van der Waals surface area contributed by atoms with Gasteiger partial charge in [0.15, 0.2) is 0 Å². The van der Waals surface area contributed by atoms with Crippen LogP contribution in [-0.4, -0.2) is 39.5 Å². The van der Waals surface area contributed by atoms with Gasteiger partial charge in [-0.15, -0.1) is 0 Å². The van der Waals surface area contributed by atoms with Crippen LogP contribution in [0.25, 0.3) is 5.65 Å². The van der Waals surface area contributed by atoms with Gasteiger partial charge in [-0.2, -0.15) is 5.10 Å². The van der Waals surface area contributed by atoms with Gasteiger partial charge in [0, 0.05) is 37.0 Å². The first kappa shape index (κ1) is 21.2. The maximum atomic E-state index is 13.2. The summed E-state index contributed by atoms with van der Waals surface area (Å²) in [6.07, 6.45) is 7.21. The average molecular weight is 434 g/mol. The molecule has 1 aromatic carbocycles. The van der Waals surface area contributed by atoms with Gasteiger partial charge in [-0.1, -0.05) is 25.0 Å². The van der Waals surface area contributed by atoms with E-state index in [4.69, 9.17) is 4.98 Å². The highest BCUT2D eigenvalue weighted by atomic mass is 16.6. The highest BCUT2D eigenvalue weighted by Crippen LogP contribution is 2.20. The molecule has 10 nitrogen and oxygen atoms in total. The van der Waals surface area contributed by atoms with Crippen molar-refractivity contribution in [2.24, 2.45) is 5.10 Å². The van der Waals surface area contributed by atoms with Gasteiger partial charge >= 0.3 is 0 Å². The van der Waals surface area contributed by atoms with E-state index in [0.717, 1.165) is 38.8 Å². The van der Waals surface area contributed by atoms with Gasteiger partial charge in [-0.3, -0.25) is 24.1 Å². The van der Waals surface area contributed by atoms with E-state index in [2.05, 4.69) is 15.4 Å². The molecular weight excluding hydrogens is 412 g/mol. The van der Waals surface area contributed by atoms with Crippen LogP contribution in [0.2, 0.25) is 0 Å². The number of amides is 1. The minimum Gasteiger partial charge on any atom is -0.356 e. The fraction of sp³-hybridized carbons (Fsp3) is 0.273. The Morgan fingerprint density at radius 3 is 2.66 bits per heavy atom. The van der Waals surface area contributed by atoms with Crippen molar-refractivity contribution in [3.63, 3.8) is 0 Å². The molecule has 0 spiro atoms.